The van der Waals surface area contributed by atoms with E-state index in [1.54, 1.807) is 12.1 Å². The number of amides is 1. The van der Waals surface area contributed by atoms with Crippen LogP contribution in [0.1, 0.15) is 28.8 Å². The Morgan fingerprint density at radius 2 is 1.67 bits per heavy atom. The van der Waals surface area contributed by atoms with Crippen molar-refractivity contribution in [1.29, 1.82) is 0 Å². The third kappa shape index (κ3) is 7.96. The Hall–Kier alpha value is -2.82. The summed E-state index contributed by atoms with van der Waals surface area (Å²) in [5, 5.41) is 3.36. The van der Waals surface area contributed by atoms with E-state index in [4.69, 9.17) is 27.9 Å². The van der Waals surface area contributed by atoms with Gasteiger partial charge >= 0.3 is 0 Å². The number of nitrogens with one attached hydrogen (secondary N) is 2. The number of halogens is 2. The number of hydrogen-bond donors (Lipinski definition) is 2. The first-order chi connectivity index (χ1) is 20.3. The second kappa shape index (κ2) is 14.1. The summed E-state index contributed by atoms with van der Waals surface area (Å²) in [6.07, 6.45) is 3.06. The zero-order chi connectivity index (χ0) is 29.5. The van der Waals surface area contributed by atoms with E-state index in [0.717, 1.165) is 57.7 Å². The average Bonchev–Trinajstić information content (AvgIpc) is 2.99. The van der Waals surface area contributed by atoms with Gasteiger partial charge in [0, 0.05) is 55.7 Å². The standard InChI is InChI=1S/C31H36Cl2N4O4S/c32-25-6-8-28(33)30(21-25)42(39,40)35-26-7-9-29(27(22-26)31(38)34-12-15-36-16-18-41-19-17-36)37-13-10-24(11-14-37)20-23-4-2-1-3-5-23/h1-9,21-22,24,35H,10-20H2,(H,34,38). The van der Waals surface area contributed by atoms with Crippen LogP contribution in [-0.2, 0) is 21.2 Å². The fourth-order valence-corrected chi connectivity index (χ4v) is 7.34. The molecule has 0 radical (unpaired) electrons. The zero-order valence-electron chi connectivity index (χ0n) is 23.4. The molecule has 0 aliphatic carbocycles. The van der Waals surface area contributed by atoms with Gasteiger partial charge in [0.2, 0.25) is 0 Å². The molecule has 2 fully saturated rings. The molecule has 3 aromatic rings. The van der Waals surface area contributed by atoms with Crippen LogP contribution >= 0.6 is 23.2 Å². The van der Waals surface area contributed by atoms with E-state index in [2.05, 4.69) is 44.1 Å². The number of sulfonamides is 1. The monoisotopic (exact) mass is 630 g/mol. The van der Waals surface area contributed by atoms with Crippen molar-refractivity contribution in [3.05, 3.63) is 87.9 Å². The number of benzene rings is 3. The summed E-state index contributed by atoms with van der Waals surface area (Å²) in [6, 6.07) is 19.9. The zero-order valence-corrected chi connectivity index (χ0v) is 25.7. The summed E-state index contributed by atoms with van der Waals surface area (Å²) >= 11 is 12.2. The van der Waals surface area contributed by atoms with Gasteiger partial charge in [-0.3, -0.25) is 14.4 Å². The SMILES string of the molecule is O=C(NCCN1CCOCC1)c1cc(NS(=O)(=O)c2cc(Cl)ccc2Cl)ccc1N1CCC(Cc2ccccc2)CC1. The minimum Gasteiger partial charge on any atom is -0.379 e. The number of carbonyl (C=O) groups excluding carboxylic acids is 1. The van der Waals surface area contributed by atoms with Crippen molar-refractivity contribution in [3.63, 3.8) is 0 Å². The Labute approximate surface area is 258 Å². The largest absolute Gasteiger partial charge is 0.379 e. The molecular formula is C31H36Cl2N4O4S. The van der Waals surface area contributed by atoms with E-state index in [1.807, 2.05) is 12.1 Å². The van der Waals surface area contributed by atoms with Gasteiger partial charge in [0.25, 0.3) is 15.9 Å². The van der Waals surface area contributed by atoms with Crippen LogP contribution in [0.2, 0.25) is 10.0 Å². The van der Waals surface area contributed by atoms with Crippen molar-refractivity contribution in [2.24, 2.45) is 5.92 Å². The first-order valence-electron chi connectivity index (χ1n) is 14.3. The van der Waals surface area contributed by atoms with Crippen molar-refractivity contribution >= 4 is 50.5 Å². The summed E-state index contributed by atoms with van der Waals surface area (Å²) in [4.78, 5) is 17.9. The van der Waals surface area contributed by atoms with Crippen LogP contribution in [0.3, 0.4) is 0 Å². The van der Waals surface area contributed by atoms with Crippen LogP contribution in [-0.4, -0.2) is 71.7 Å². The Bertz CT molecular complexity index is 1480. The Kier molecular flexibility index (Phi) is 10.3. The third-order valence-electron chi connectivity index (χ3n) is 7.82. The molecule has 3 aromatic carbocycles. The molecule has 224 valence electrons. The van der Waals surface area contributed by atoms with Crippen LogP contribution in [0.4, 0.5) is 11.4 Å². The van der Waals surface area contributed by atoms with E-state index >= 15 is 0 Å². The summed E-state index contributed by atoms with van der Waals surface area (Å²) in [6.45, 7) is 5.88. The lowest BCUT2D eigenvalue weighted by Crippen LogP contribution is -2.41. The van der Waals surface area contributed by atoms with Gasteiger partial charge in [-0.05, 0) is 67.1 Å². The lowest BCUT2D eigenvalue weighted by atomic mass is 9.89. The Balaban J connectivity index is 1.33. The lowest BCUT2D eigenvalue weighted by Gasteiger charge is -2.35. The molecule has 0 saturated carbocycles. The molecule has 0 spiro atoms. The number of anilines is 2. The number of nitrogens with zero attached hydrogens (tertiary/aromatic N) is 2. The van der Waals surface area contributed by atoms with Gasteiger partial charge in [-0.15, -0.1) is 0 Å². The van der Waals surface area contributed by atoms with Crippen LogP contribution < -0.4 is 14.9 Å². The molecule has 8 nitrogen and oxygen atoms in total. The van der Waals surface area contributed by atoms with Crippen molar-refractivity contribution in [1.82, 2.24) is 10.2 Å². The smallest absolute Gasteiger partial charge is 0.263 e. The summed E-state index contributed by atoms with van der Waals surface area (Å²) in [7, 11) is -4.05. The first-order valence-corrected chi connectivity index (χ1v) is 16.5. The summed E-state index contributed by atoms with van der Waals surface area (Å²) < 4.78 is 34.4. The van der Waals surface area contributed by atoms with Gasteiger partial charge < -0.3 is 15.0 Å². The van der Waals surface area contributed by atoms with Crippen LogP contribution in [0.5, 0.6) is 0 Å². The summed E-state index contributed by atoms with van der Waals surface area (Å²) in [5.41, 5.74) is 2.83. The average molecular weight is 632 g/mol. The number of ether oxygens (including phenoxy) is 1. The van der Waals surface area contributed by atoms with Gasteiger partial charge in [0.05, 0.1) is 23.8 Å². The maximum Gasteiger partial charge on any atom is 0.263 e. The topological polar surface area (TPSA) is 91.0 Å². The quantitative estimate of drug-likeness (QED) is 0.315. The van der Waals surface area contributed by atoms with Crippen molar-refractivity contribution in [3.8, 4) is 0 Å². The van der Waals surface area contributed by atoms with Gasteiger partial charge in [0.15, 0.2) is 0 Å². The van der Waals surface area contributed by atoms with Crippen LogP contribution in [0.25, 0.3) is 0 Å². The highest BCUT2D eigenvalue weighted by molar-refractivity contribution is 7.92. The maximum atomic E-state index is 13.5. The Morgan fingerprint density at radius 1 is 0.929 bits per heavy atom. The highest BCUT2D eigenvalue weighted by Gasteiger charge is 2.25. The number of carbonyl (C=O) groups is 1. The molecule has 2 N–H and O–H groups in total. The van der Waals surface area contributed by atoms with Gasteiger partial charge in [-0.2, -0.15) is 0 Å². The van der Waals surface area contributed by atoms with Crippen molar-refractivity contribution in [2.45, 2.75) is 24.2 Å². The van der Waals surface area contributed by atoms with Gasteiger partial charge in [-0.1, -0.05) is 53.5 Å². The third-order valence-corrected chi connectivity index (χ3v) is 9.91. The molecule has 2 saturated heterocycles. The van der Waals surface area contributed by atoms with E-state index in [1.165, 1.54) is 23.8 Å². The second-order valence-electron chi connectivity index (χ2n) is 10.7. The second-order valence-corrected chi connectivity index (χ2v) is 13.2. The van der Waals surface area contributed by atoms with Crippen LogP contribution in [0, 0.1) is 5.92 Å². The van der Waals surface area contributed by atoms with Crippen molar-refractivity contribution in [2.75, 3.05) is 62.1 Å². The van der Waals surface area contributed by atoms with E-state index in [0.29, 0.717) is 31.2 Å². The fourth-order valence-electron chi connectivity index (χ4n) is 5.52. The van der Waals surface area contributed by atoms with E-state index < -0.39 is 10.0 Å². The first kappa shape index (κ1) is 30.6. The minimum absolute atomic E-state index is 0.0583. The number of rotatable bonds is 10. The molecule has 2 aliphatic heterocycles. The minimum atomic E-state index is -4.05. The highest BCUT2D eigenvalue weighted by atomic mass is 35.5. The normalized spacial score (nSPS) is 16.8. The Morgan fingerprint density at radius 3 is 2.40 bits per heavy atom. The molecule has 2 heterocycles. The number of morpholine rings is 1. The molecule has 11 heteroatoms. The molecule has 1 amide bonds. The molecule has 2 aliphatic rings. The highest BCUT2D eigenvalue weighted by Crippen LogP contribution is 2.32. The number of piperidine rings is 1. The molecular weight excluding hydrogens is 595 g/mol. The predicted octanol–water partition coefficient (Wildman–Crippen LogP) is 5.32. The van der Waals surface area contributed by atoms with Gasteiger partial charge in [0.1, 0.15) is 4.90 Å². The predicted molar refractivity (Wildman–Crippen MR) is 168 cm³/mol. The number of hydrogen-bond acceptors (Lipinski definition) is 6. The summed E-state index contributed by atoms with van der Waals surface area (Å²) in [5.74, 6) is 0.328. The molecule has 0 unspecified atom stereocenters. The lowest BCUT2D eigenvalue weighted by molar-refractivity contribution is 0.0383. The van der Waals surface area contributed by atoms with E-state index in [-0.39, 0.29) is 26.5 Å². The molecule has 0 bridgehead atoms. The van der Waals surface area contributed by atoms with Crippen molar-refractivity contribution < 1.29 is 17.9 Å². The maximum absolute atomic E-state index is 13.5. The molecule has 0 atom stereocenters. The van der Waals surface area contributed by atoms with Crippen LogP contribution in [0.15, 0.2) is 71.6 Å². The van der Waals surface area contributed by atoms with Gasteiger partial charge in [-0.25, -0.2) is 8.42 Å². The fraction of sp³-hybridized carbons (Fsp3) is 0.387. The molecule has 42 heavy (non-hydrogen) atoms. The van der Waals surface area contributed by atoms with E-state index in [9.17, 15) is 13.2 Å². The molecule has 0 aromatic heterocycles. The molecule has 5 rings (SSSR count).